The lowest BCUT2D eigenvalue weighted by Gasteiger charge is -2.29. The van der Waals surface area contributed by atoms with Crippen LogP contribution in [0.4, 0.5) is 0 Å². The van der Waals surface area contributed by atoms with Gasteiger partial charge < -0.3 is 9.73 Å². The van der Waals surface area contributed by atoms with Crippen LogP contribution in [0.15, 0.2) is 33.9 Å². The third-order valence-electron chi connectivity index (χ3n) is 4.80. The van der Waals surface area contributed by atoms with Gasteiger partial charge in [0.05, 0.1) is 5.75 Å². The number of rotatable bonds is 6. The van der Waals surface area contributed by atoms with Gasteiger partial charge in [-0.3, -0.25) is 4.79 Å². The van der Waals surface area contributed by atoms with Gasteiger partial charge in [0.2, 0.25) is 11.8 Å². The van der Waals surface area contributed by atoms with Gasteiger partial charge in [-0.1, -0.05) is 50.6 Å². The summed E-state index contributed by atoms with van der Waals surface area (Å²) in [6.45, 7) is 4.33. The van der Waals surface area contributed by atoms with Crippen molar-refractivity contribution in [1.82, 2.24) is 15.5 Å². The maximum absolute atomic E-state index is 12.2. The maximum atomic E-state index is 12.2. The number of hydrogen-bond acceptors (Lipinski definition) is 5. The van der Waals surface area contributed by atoms with E-state index >= 15 is 0 Å². The highest BCUT2D eigenvalue weighted by molar-refractivity contribution is 7.99. The molecule has 1 aliphatic rings. The number of hydrogen-bond donors (Lipinski definition) is 1. The van der Waals surface area contributed by atoms with E-state index in [2.05, 4.69) is 41.5 Å². The van der Waals surface area contributed by atoms with Crippen LogP contribution in [0.25, 0.3) is 11.5 Å². The van der Waals surface area contributed by atoms with Crippen molar-refractivity contribution in [3.63, 3.8) is 0 Å². The molecule has 2 atom stereocenters. The van der Waals surface area contributed by atoms with Crippen molar-refractivity contribution in [3.8, 4) is 11.5 Å². The Kier molecular flexibility index (Phi) is 6.13. The normalized spacial score (nSPS) is 20.4. The average molecular weight is 359 g/mol. The standard InChI is InChI=1S/C19H25N3O2S/c1-3-14-8-10-15(11-9-14)18-21-22-19(24-18)25-12-17(23)20-16-7-5-4-6-13(16)2/h8-11,13,16H,3-7,12H2,1-2H3,(H,20,23)/t13-,16-/m1/s1. The van der Waals surface area contributed by atoms with Crippen LogP contribution >= 0.6 is 11.8 Å². The molecule has 1 amide bonds. The number of aryl methyl sites for hydroxylation is 1. The molecule has 0 bridgehead atoms. The van der Waals surface area contributed by atoms with Gasteiger partial charge in [-0.25, -0.2) is 0 Å². The molecule has 3 rings (SSSR count). The molecular formula is C19H25N3O2S. The van der Waals surface area contributed by atoms with E-state index in [0.717, 1.165) is 18.4 Å². The predicted octanol–water partition coefficient (Wildman–Crippen LogP) is 4.09. The molecule has 0 spiro atoms. The van der Waals surface area contributed by atoms with Gasteiger partial charge in [-0.15, -0.1) is 10.2 Å². The Labute approximate surface area is 153 Å². The summed E-state index contributed by atoms with van der Waals surface area (Å²) < 4.78 is 5.67. The lowest BCUT2D eigenvalue weighted by molar-refractivity contribution is -0.119. The highest BCUT2D eigenvalue weighted by Crippen LogP contribution is 2.25. The van der Waals surface area contributed by atoms with Crippen molar-refractivity contribution >= 4 is 17.7 Å². The monoisotopic (exact) mass is 359 g/mol. The Morgan fingerprint density at radius 1 is 1.24 bits per heavy atom. The number of nitrogens with zero attached hydrogens (tertiary/aromatic N) is 2. The summed E-state index contributed by atoms with van der Waals surface area (Å²) in [5.74, 6) is 1.39. The van der Waals surface area contributed by atoms with E-state index < -0.39 is 0 Å². The Morgan fingerprint density at radius 2 is 2.00 bits per heavy atom. The zero-order chi connectivity index (χ0) is 17.6. The summed E-state index contributed by atoms with van der Waals surface area (Å²) in [7, 11) is 0. The Morgan fingerprint density at radius 3 is 2.72 bits per heavy atom. The van der Waals surface area contributed by atoms with Crippen LogP contribution in [0.1, 0.15) is 45.1 Å². The van der Waals surface area contributed by atoms with Crippen LogP contribution in [0.2, 0.25) is 0 Å². The van der Waals surface area contributed by atoms with Gasteiger partial charge in [0.15, 0.2) is 0 Å². The minimum absolute atomic E-state index is 0.0378. The molecule has 2 aromatic rings. The molecule has 1 saturated carbocycles. The minimum atomic E-state index is 0.0378. The molecule has 1 aliphatic carbocycles. The summed E-state index contributed by atoms with van der Waals surface area (Å²) in [6.07, 6.45) is 5.75. The van der Waals surface area contributed by atoms with E-state index in [1.54, 1.807) is 0 Å². The first kappa shape index (κ1) is 18.0. The third-order valence-corrected chi connectivity index (χ3v) is 5.62. The molecule has 0 radical (unpaired) electrons. The number of benzene rings is 1. The van der Waals surface area contributed by atoms with E-state index in [1.807, 2.05) is 12.1 Å². The fourth-order valence-electron chi connectivity index (χ4n) is 3.17. The number of aromatic nitrogens is 2. The van der Waals surface area contributed by atoms with Crippen molar-refractivity contribution in [3.05, 3.63) is 29.8 Å². The van der Waals surface area contributed by atoms with Crippen molar-refractivity contribution in [2.24, 2.45) is 5.92 Å². The van der Waals surface area contributed by atoms with E-state index in [4.69, 9.17) is 4.42 Å². The lowest BCUT2D eigenvalue weighted by Crippen LogP contribution is -2.41. The highest BCUT2D eigenvalue weighted by atomic mass is 32.2. The summed E-state index contributed by atoms with van der Waals surface area (Å²) in [5, 5.41) is 11.7. The minimum Gasteiger partial charge on any atom is -0.411 e. The third kappa shape index (κ3) is 4.84. The second-order valence-electron chi connectivity index (χ2n) is 6.65. The predicted molar refractivity (Wildman–Crippen MR) is 99.4 cm³/mol. The lowest BCUT2D eigenvalue weighted by atomic mass is 9.86. The van der Waals surface area contributed by atoms with E-state index in [-0.39, 0.29) is 5.91 Å². The van der Waals surface area contributed by atoms with Crippen LogP contribution in [0.3, 0.4) is 0 Å². The number of thioether (sulfide) groups is 1. The van der Waals surface area contributed by atoms with E-state index in [9.17, 15) is 4.79 Å². The molecule has 0 unspecified atom stereocenters. The molecule has 0 aliphatic heterocycles. The summed E-state index contributed by atoms with van der Waals surface area (Å²) >= 11 is 1.29. The smallest absolute Gasteiger partial charge is 0.277 e. The first-order chi connectivity index (χ1) is 12.2. The SMILES string of the molecule is CCc1ccc(-c2nnc(SCC(=O)N[C@@H]3CCCC[C@H]3C)o2)cc1. The van der Waals surface area contributed by atoms with Crippen LogP contribution in [0, 0.1) is 5.92 Å². The summed E-state index contributed by atoms with van der Waals surface area (Å²) in [4.78, 5) is 12.2. The maximum Gasteiger partial charge on any atom is 0.277 e. The van der Waals surface area contributed by atoms with Gasteiger partial charge in [-0.2, -0.15) is 0 Å². The Balaban J connectivity index is 1.51. The Bertz CT molecular complexity index is 699. The van der Waals surface area contributed by atoms with Crippen LogP contribution in [-0.4, -0.2) is 27.9 Å². The van der Waals surface area contributed by atoms with Crippen LogP contribution in [0.5, 0.6) is 0 Å². The topological polar surface area (TPSA) is 68.0 Å². The van der Waals surface area contributed by atoms with E-state index in [0.29, 0.717) is 28.8 Å². The fourth-order valence-corrected chi connectivity index (χ4v) is 3.75. The van der Waals surface area contributed by atoms with Gasteiger partial charge in [-0.05, 0) is 42.9 Å². The van der Waals surface area contributed by atoms with Gasteiger partial charge in [0.1, 0.15) is 0 Å². The largest absolute Gasteiger partial charge is 0.411 e. The first-order valence-corrected chi connectivity index (χ1v) is 9.99. The molecule has 1 heterocycles. The molecular weight excluding hydrogens is 334 g/mol. The second-order valence-corrected chi connectivity index (χ2v) is 7.57. The van der Waals surface area contributed by atoms with Gasteiger partial charge in [0.25, 0.3) is 5.22 Å². The fraction of sp³-hybridized carbons (Fsp3) is 0.526. The molecule has 6 heteroatoms. The molecule has 1 N–H and O–H groups in total. The van der Waals surface area contributed by atoms with Crippen LogP contribution < -0.4 is 5.32 Å². The Hall–Kier alpha value is -1.82. The quantitative estimate of drug-likeness (QED) is 0.787. The van der Waals surface area contributed by atoms with Crippen molar-refractivity contribution < 1.29 is 9.21 Å². The summed E-state index contributed by atoms with van der Waals surface area (Å²) in [5.41, 5.74) is 2.17. The van der Waals surface area contributed by atoms with Crippen molar-refractivity contribution in [2.45, 2.75) is 57.2 Å². The van der Waals surface area contributed by atoms with Gasteiger partial charge >= 0.3 is 0 Å². The molecule has 25 heavy (non-hydrogen) atoms. The molecule has 1 aromatic carbocycles. The number of amides is 1. The summed E-state index contributed by atoms with van der Waals surface area (Å²) in [6, 6.07) is 8.39. The van der Waals surface area contributed by atoms with Crippen molar-refractivity contribution in [1.29, 1.82) is 0 Å². The van der Waals surface area contributed by atoms with Gasteiger partial charge in [0, 0.05) is 11.6 Å². The second kappa shape index (κ2) is 8.52. The highest BCUT2D eigenvalue weighted by Gasteiger charge is 2.23. The number of carbonyl (C=O) groups is 1. The zero-order valence-electron chi connectivity index (χ0n) is 14.8. The molecule has 5 nitrogen and oxygen atoms in total. The molecule has 0 saturated heterocycles. The zero-order valence-corrected chi connectivity index (χ0v) is 15.6. The molecule has 134 valence electrons. The first-order valence-electron chi connectivity index (χ1n) is 9.00. The number of carbonyl (C=O) groups excluding carboxylic acids is 1. The van der Waals surface area contributed by atoms with Crippen molar-refractivity contribution in [2.75, 3.05) is 5.75 Å². The molecule has 1 aromatic heterocycles. The average Bonchev–Trinajstić information content (AvgIpc) is 3.11. The molecule has 1 fully saturated rings. The van der Waals surface area contributed by atoms with Crippen LogP contribution in [-0.2, 0) is 11.2 Å². The number of nitrogens with one attached hydrogen (secondary N) is 1. The van der Waals surface area contributed by atoms with E-state index in [1.165, 1.54) is 36.6 Å².